The number of phosphoric acid groups is 2. The van der Waals surface area contributed by atoms with Gasteiger partial charge in [-0.2, -0.15) is 4.98 Å². The zero-order chi connectivity index (χ0) is 44.3. The normalized spacial score (nSPS) is 41.0. The van der Waals surface area contributed by atoms with Crippen molar-refractivity contribution in [3.05, 3.63) is 68.1 Å². The first-order valence-electron chi connectivity index (χ1n) is 18.1. The molecule has 33 heteroatoms. The minimum Gasteiger partial charge on any atom is -0.387 e. The van der Waals surface area contributed by atoms with E-state index in [9.17, 15) is 62.9 Å². The molecular formula is C29H35N7O23P3+. The summed E-state index contributed by atoms with van der Waals surface area (Å²) in [6.07, 6.45) is -13.7. The van der Waals surface area contributed by atoms with Crippen LogP contribution in [0.4, 0.5) is 5.82 Å². The minimum absolute atomic E-state index is 0.0209. The fraction of sp³-hybridized carbons (Fsp3) is 0.621. The van der Waals surface area contributed by atoms with Crippen molar-refractivity contribution in [2.75, 3.05) is 32.2 Å². The number of aromatic nitrogens is 4. The molecule has 2 spiro atoms. The maximum Gasteiger partial charge on any atom is 0.694 e. The summed E-state index contributed by atoms with van der Waals surface area (Å²) in [4.78, 5) is 86.9. The smallest absolute Gasteiger partial charge is 0.387 e. The number of nitrogens with one attached hydrogen (secondary N) is 2. The maximum absolute atomic E-state index is 13.7. The van der Waals surface area contributed by atoms with Crippen LogP contribution < -0.4 is 28.0 Å². The van der Waals surface area contributed by atoms with Crippen molar-refractivity contribution < 1.29 is 94.8 Å². The summed E-state index contributed by atoms with van der Waals surface area (Å²) >= 11 is 0. The molecule has 9 rings (SSSR count). The van der Waals surface area contributed by atoms with Crippen molar-refractivity contribution in [2.24, 2.45) is 0 Å². The Morgan fingerprint density at radius 3 is 2.23 bits per heavy atom. The highest BCUT2D eigenvalue weighted by molar-refractivity contribution is 7.47. The number of hydrogen-bond acceptors (Lipinski definition) is 23. The summed E-state index contributed by atoms with van der Waals surface area (Å²) in [6.45, 7) is -2.75. The number of hydrogen-bond donors (Lipinski definition) is 9. The highest BCUT2D eigenvalue weighted by Crippen LogP contribution is 2.80. The number of phosphoric ester groups is 2. The Kier molecular flexibility index (Phi) is 10.7. The molecular weight excluding hydrogens is 907 g/mol. The van der Waals surface area contributed by atoms with Crippen LogP contribution in [0.5, 0.6) is 0 Å². The number of nitrogens with zero attached hydrogens (tertiary/aromatic N) is 4. The van der Waals surface area contributed by atoms with E-state index in [0.717, 1.165) is 29.1 Å². The molecule has 7 aliphatic rings. The number of carbonyl (C=O) groups is 1. The number of ether oxygens (including phenoxy) is 5. The van der Waals surface area contributed by atoms with Crippen molar-refractivity contribution in [1.29, 1.82) is 0 Å². The quantitative estimate of drug-likeness (QED) is 0.0561. The molecule has 6 fully saturated rings. The third-order valence-corrected chi connectivity index (χ3v) is 13.3. The zero-order valence-corrected chi connectivity index (χ0v) is 33.7. The van der Waals surface area contributed by atoms with Crippen LogP contribution in [-0.4, -0.2) is 158 Å². The van der Waals surface area contributed by atoms with E-state index in [-0.39, 0.29) is 12.4 Å². The number of anilines is 1. The van der Waals surface area contributed by atoms with Crippen LogP contribution >= 0.6 is 23.9 Å². The molecule has 17 atom stereocenters. The van der Waals surface area contributed by atoms with Crippen LogP contribution in [0.3, 0.4) is 0 Å². The molecule has 0 aromatic carbocycles. The highest BCUT2D eigenvalue weighted by atomic mass is 31.2. The molecule has 2 aromatic heterocycles. The van der Waals surface area contributed by atoms with Gasteiger partial charge in [0.25, 0.3) is 5.56 Å². The van der Waals surface area contributed by atoms with Gasteiger partial charge in [0.15, 0.2) is 18.1 Å². The second-order valence-electron chi connectivity index (χ2n) is 14.7. The van der Waals surface area contributed by atoms with Gasteiger partial charge in [-0.25, -0.2) is 18.7 Å². The van der Waals surface area contributed by atoms with E-state index in [1.807, 2.05) is 4.98 Å². The molecule has 0 radical (unpaired) electrons. The number of amides is 1. The number of carbonyl (C=O) groups excluding carboxylic acids is 1. The predicted octanol–water partition coefficient (Wildman–Crippen LogP) is -5.20. The number of aromatic amines is 1. The van der Waals surface area contributed by atoms with E-state index in [2.05, 4.69) is 10.3 Å². The predicted molar refractivity (Wildman–Crippen MR) is 190 cm³/mol. The first kappa shape index (κ1) is 43.5. The largest absolute Gasteiger partial charge is 0.694 e. The Morgan fingerprint density at radius 2 is 1.56 bits per heavy atom. The number of aliphatic hydroxyl groups is 3. The number of nitrogens with two attached hydrogens (primary N) is 1. The molecule has 10 N–H and O–H groups in total. The van der Waals surface area contributed by atoms with Gasteiger partial charge >= 0.3 is 35.3 Å². The number of fused-ring (bicyclic) bond motifs is 1. The third kappa shape index (κ3) is 7.32. The van der Waals surface area contributed by atoms with E-state index in [4.69, 9.17) is 52.0 Å². The topological polar surface area (TPSA) is 420 Å². The van der Waals surface area contributed by atoms with Gasteiger partial charge in [-0.15, -0.1) is 9.42 Å². The molecule has 8 heterocycles. The van der Waals surface area contributed by atoms with Crippen molar-refractivity contribution in [2.45, 2.75) is 84.6 Å². The van der Waals surface area contributed by atoms with Gasteiger partial charge in [-0.3, -0.25) is 46.7 Å². The van der Waals surface area contributed by atoms with Gasteiger partial charge in [-0.1, -0.05) is 0 Å². The molecule has 5 saturated heterocycles. The molecule has 1 amide bonds. The monoisotopic (exact) mass is 942 g/mol. The SMILES string of the molecule is Nc1ccn([C@@H]2O[C@H](COP(=O)(O)O[C@H]3[C@@H](O)[C@H](n4ccc(=O)[nH]c4=O)O[C@@H]3COP(=O)(O)O[C@@H]3[C@@H](CO[P+](=O)O)O[C@]4(N5C=CC(=O)N[C@]56CO6)[C@@H]5O[C@@]354)[C@@H](O)[C@H]2O)c(=O)n1. The van der Waals surface area contributed by atoms with Crippen molar-refractivity contribution in [3.63, 3.8) is 0 Å². The van der Waals surface area contributed by atoms with E-state index in [1.54, 1.807) is 0 Å². The molecule has 2 aromatic rings. The number of H-pyrrole nitrogens is 1. The highest BCUT2D eigenvalue weighted by Gasteiger charge is 3.05. The Balaban J connectivity index is 0.908. The van der Waals surface area contributed by atoms with Gasteiger partial charge in [0, 0.05) is 35.3 Å². The fourth-order valence-corrected chi connectivity index (χ4v) is 10.3. The second-order valence-corrected chi connectivity index (χ2v) is 18.3. The van der Waals surface area contributed by atoms with Gasteiger partial charge < -0.3 is 59.8 Å². The van der Waals surface area contributed by atoms with Crippen LogP contribution in [0.25, 0.3) is 0 Å². The molecule has 62 heavy (non-hydrogen) atoms. The Bertz CT molecular complexity index is 2490. The van der Waals surface area contributed by atoms with Crippen molar-refractivity contribution in [3.8, 4) is 0 Å². The summed E-state index contributed by atoms with van der Waals surface area (Å²) in [6, 6.07) is 2.08. The molecule has 1 aliphatic carbocycles. The van der Waals surface area contributed by atoms with Gasteiger partial charge in [0.2, 0.25) is 17.5 Å². The lowest BCUT2D eigenvalue weighted by Gasteiger charge is -2.39. The summed E-state index contributed by atoms with van der Waals surface area (Å²) in [5.74, 6) is -1.99. The summed E-state index contributed by atoms with van der Waals surface area (Å²) in [5, 5.41) is 35.1. The number of aliphatic hydroxyl groups excluding tert-OH is 3. The molecule has 0 bridgehead atoms. The zero-order valence-electron chi connectivity index (χ0n) is 31.0. The Hall–Kier alpha value is -3.71. The van der Waals surface area contributed by atoms with Gasteiger partial charge in [0.05, 0.1) is 13.2 Å². The lowest BCUT2D eigenvalue weighted by atomic mass is 10.1. The van der Waals surface area contributed by atoms with Crippen LogP contribution in [0, 0.1) is 0 Å². The first-order valence-corrected chi connectivity index (χ1v) is 22.2. The maximum atomic E-state index is 13.7. The summed E-state index contributed by atoms with van der Waals surface area (Å²) < 4.78 is 94.3. The molecule has 3 unspecified atom stereocenters. The third-order valence-electron chi connectivity index (χ3n) is 11.0. The van der Waals surface area contributed by atoms with Crippen LogP contribution in [0.1, 0.15) is 12.5 Å². The van der Waals surface area contributed by atoms with E-state index < -0.39 is 151 Å². The number of nitrogen functional groups attached to an aromatic ring is 1. The molecule has 30 nitrogen and oxygen atoms in total. The van der Waals surface area contributed by atoms with Crippen molar-refractivity contribution in [1.82, 2.24) is 29.3 Å². The average Bonchev–Trinajstić information content (AvgIpc) is 4.14. The number of rotatable bonds is 16. The standard InChI is InChI=1S/C29H34N7O23P3/c30-14-1-4-34(25(42)31-14)22-18(40)17(39)11(54-22)8-52-61(46,47)58-20-12(55-23(19(20)41)35-5-2-15(37)32-26(35)43)9-53-62(48,49)59-21-13(7-51-60(44)45)56-29(24-28(21,29)57-24)36-6-3-16(38)33-27(36)10-50-27/h1-6,11-13,17-24,39-41H,7-10H2,(H6-,30,31,32,33,37,38,42,43,44,45,46,47,48,49)/p+1/t11-,12-,13-,17-,18-,19-,20-,21-,22-,23-,24-,27-,28+,29-/m1/s1. The van der Waals surface area contributed by atoms with E-state index in [0.29, 0.717) is 4.57 Å². The van der Waals surface area contributed by atoms with E-state index in [1.165, 1.54) is 17.2 Å². The molecule has 338 valence electrons. The Labute approximate surface area is 344 Å². The molecule has 1 saturated carbocycles. The molecule has 6 aliphatic heterocycles. The van der Waals surface area contributed by atoms with Crippen molar-refractivity contribution >= 4 is 35.6 Å². The Morgan fingerprint density at radius 1 is 0.903 bits per heavy atom. The van der Waals surface area contributed by atoms with Crippen LogP contribution in [-0.2, 0) is 64.8 Å². The van der Waals surface area contributed by atoms with Crippen LogP contribution in [0.15, 0.2) is 51.2 Å². The lowest BCUT2D eigenvalue weighted by Crippen LogP contribution is -2.61. The van der Waals surface area contributed by atoms with Gasteiger partial charge in [0.1, 0.15) is 74.0 Å². The summed E-state index contributed by atoms with van der Waals surface area (Å²) in [5.41, 5.74) is -0.431. The van der Waals surface area contributed by atoms with Crippen LogP contribution in [0.2, 0.25) is 0 Å². The lowest BCUT2D eigenvalue weighted by molar-refractivity contribution is -0.188. The minimum atomic E-state index is -5.42. The first-order chi connectivity index (χ1) is 29.2. The second kappa shape index (κ2) is 15.2. The van der Waals surface area contributed by atoms with Gasteiger partial charge in [-0.05, 0) is 6.07 Å². The average molecular weight is 943 g/mol. The fourth-order valence-electron chi connectivity index (χ4n) is 8.05. The summed E-state index contributed by atoms with van der Waals surface area (Å²) in [7, 11) is -14.0. The van der Waals surface area contributed by atoms with E-state index >= 15 is 0 Å². The number of epoxide rings is 2.